The molecule has 7 nitrogen and oxygen atoms in total. The molecule has 0 aromatic rings. The number of amides is 3. The maximum atomic E-state index is 12.4. The van der Waals surface area contributed by atoms with Crippen LogP contribution in [0.15, 0.2) is 0 Å². The van der Waals surface area contributed by atoms with Crippen molar-refractivity contribution in [2.75, 3.05) is 26.2 Å². The van der Waals surface area contributed by atoms with Crippen molar-refractivity contribution in [3.8, 4) is 12.3 Å². The first-order valence-corrected chi connectivity index (χ1v) is 6.51. The minimum absolute atomic E-state index is 0.0762. The summed E-state index contributed by atoms with van der Waals surface area (Å²) >= 11 is 0. The highest BCUT2D eigenvalue weighted by atomic mass is 16.4. The van der Waals surface area contributed by atoms with E-state index in [1.165, 1.54) is 4.90 Å². The van der Waals surface area contributed by atoms with Crippen molar-refractivity contribution in [3.63, 3.8) is 0 Å². The molecule has 1 unspecified atom stereocenters. The lowest BCUT2D eigenvalue weighted by Crippen LogP contribution is -2.62. The van der Waals surface area contributed by atoms with E-state index in [0.29, 0.717) is 12.5 Å². The van der Waals surface area contributed by atoms with E-state index in [-0.39, 0.29) is 25.5 Å². The van der Waals surface area contributed by atoms with Crippen molar-refractivity contribution >= 4 is 17.9 Å². The van der Waals surface area contributed by atoms with Gasteiger partial charge in [0, 0.05) is 13.1 Å². The van der Waals surface area contributed by atoms with Crippen LogP contribution in [0.1, 0.15) is 12.8 Å². The van der Waals surface area contributed by atoms with Gasteiger partial charge in [0.25, 0.3) is 0 Å². The van der Waals surface area contributed by atoms with Crippen LogP contribution in [0.3, 0.4) is 0 Å². The number of nitrogens with zero attached hydrogens (tertiary/aromatic N) is 2. The number of carboxylic acids is 1. The Morgan fingerprint density at radius 1 is 1.50 bits per heavy atom. The van der Waals surface area contributed by atoms with Gasteiger partial charge < -0.3 is 15.3 Å². The molecule has 0 aromatic heterocycles. The fourth-order valence-electron chi connectivity index (χ4n) is 2.18. The number of hydrogen-bond donors (Lipinski definition) is 2. The minimum Gasteiger partial charge on any atom is -0.480 e. The van der Waals surface area contributed by atoms with E-state index in [0.717, 1.165) is 17.7 Å². The van der Waals surface area contributed by atoms with Gasteiger partial charge in [-0.1, -0.05) is 5.92 Å². The monoisotopic (exact) mass is 279 g/mol. The topological polar surface area (TPSA) is 90.0 Å². The zero-order valence-corrected chi connectivity index (χ0v) is 11.0. The molecule has 0 bridgehead atoms. The van der Waals surface area contributed by atoms with Crippen LogP contribution in [0.2, 0.25) is 0 Å². The first-order chi connectivity index (χ1) is 9.52. The lowest BCUT2D eigenvalue weighted by atomic mass is 10.2. The molecule has 2 N–H and O–H groups in total. The second-order valence-corrected chi connectivity index (χ2v) is 5.10. The number of carboxylic acid groups (broad SMARTS) is 1. The van der Waals surface area contributed by atoms with Crippen LogP contribution >= 0.6 is 0 Å². The second kappa shape index (κ2) is 5.82. The number of urea groups is 1. The molecule has 0 radical (unpaired) electrons. The Bertz CT molecular complexity index is 467. The van der Waals surface area contributed by atoms with Gasteiger partial charge in [-0.05, 0) is 18.8 Å². The van der Waals surface area contributed by atoms with Crippen LogP contribution in [0.5, 0.6) is 0 Å². The average Bonchev–Trinajstić information content (AvgIpc) is 3.21. The van der Waals surface area contributed by atoms with Crippen LogP contribution in [0.25, 0.3) is 0 Å². The van der Waals surface area contributed by atoms with Crippen molar-refractivity contribution in [2.24, 2.45) is 5.92 Å². The fraction of sp³-hybridized carbons (Fsp3) is 0.615. The molecule has 3 amide bonds. The van der Waals surface area contributed by atoms with Gasteiger partial charge in [-0.15, -0.1) is 6.42 Å². The molecule has 2 fully saturated rings. The van der Waals surface area contributed by atoms with Gasteiger partial charge in [-0.25, -0.2) is 9.59 Å². The Hall–Kier alpha value is -2.23. The van der Waals surface area contributed by atoms with Crippen molar-refractivity contribution in [2.45, 2.75) is 18.9 Å². The van der Waals surface area contributed by atoms with Gasteiger partial charge in [0.2, 0.25) is 5.91 Å². The maximum absolute atomic E-state index is 12.4. The number of rotatable bonds is 4. The van der Waals surface area contributed by atoms with Crippen LogP contribution in [-0.2, 0) is 9.59 Å². The predicted molar refractivity (Wildman–Crippen MR) is 69.7 cm³/mol. The third-order valence-electron chi connectivity index (χ3n) is 3.44. The van der Waals surface area contributed by atoms with Crippen molar-refractivity contribution in [1.82, 2.24) is 15.1 Å². The highest BCUT2D eigenvalue weighted by Crippen LogP contribution is 2.30. The van der Waals surface area contributed by atoms with E-state index in [4.69, 9.17) is 11.5 Å². The molecule has 1 aliphatic carbocycles. The molecule has 2 aliphatic rings. The number of aliphatic carboxylic acids is 1. The highest BCUT2D eigenvalue weighted by molar-refractivity contribution is 5.90. The normalized spacial score (nSPS) is 21.9. The summed E-state index contributed by atoms with van der Waals surface area (Å²) in [4.78, 5) is 37.6. The van der Waals surface area contributed by atoms with E-state index < -0.39 is 18.0 Å². The summed E-state index contributed by atoms with van der Waals surface area (Å²) in [6.45, 7) is 0.321. The molecule has 1 heterocycles. The van der Waals surface area contributed by atoms with Gasteiger partial charge >= 0.3 is 12.0 Å². The minimum atomic E-state index is -1.13. The standard InChI is InChI=1S/C13H17N3O4/c1-2-5-15(7-9-3-4-9)13(20)16-8-11(17)14-6-10(16)12(18)19/h1,9-10H,3-8H2,(H,14,17)(H,18,19). The zero-order valence-electron chi connectivity index (χ0n) is 11.0. The Kier molecular flexibility index (Phi) is 4.13. The number of carbonyl (C=O) groups excluding carboxylic acids is 2. The summed E-state index contributed by atoms with van der Waals surface area (Å²) in [5.74, 6) is 1.35. The molecule has 1 aliphatic heterocycles. The molecule has 0 aromatic carbocycles. The van der Waals surface area contributed by atoms with Crippen LogP contribution in [0.4, 0.5) is 4.79 Å². The molecular weight excluding hydrogens is 262 g/mol. The van der Waals surface area contributed by atoms with E-state index >= 15 is 0 Å². The quantitative estimate of drug-likeness (QED) is 0.668. The molecular formula is C13H17N3O4. The van der Waals surface area contributed by atoms with Gasteiger partial charge in [0.1, 0.15) is 12.6 Å². The molecule has 0 spiro atoms. The summed E-state index contributed by atoms with van der Waals surface area (Å²) < 4.78 is 0. The lowest BCUT2D eigenvalue weighted by Gasteiger charge is -2.36. The Labute approximate surface area is 116 Å². The first-order valence-electron chi connectivity index (χ1n) is 6.51. The highest BCUT2D eigenvalue weighted by Gasteiger charge is 2.38. The number of nitrogens with one attached hydrogen (secondary N) is 1. The largest absolute Gasteiger partial charge is 0.480 e. The number of terminal acetylenes is 1. The molecule has 1 saturated heterocycles. The number of carbonyl (C=O) groups is 3. The van der Waals surface area contributed by atoms with Crippen LogP contribution in [-0.4, -0.2) is 65.0 Å². The van der Waals surface area contributed by atoms with Gasteiger partial charge in [0.05, 0.1) is 6.54 Å². The van der Waals surface area contributed by atoms with Gasteiger partial charge in [-0.3, -0.25) is 9.69 Å². The van der Waals surface area contributed by atoms with E-state index in [9.17, 15) is 14.4 Å². The summed E-state index contributed by atoms with van der Waals surface area (Å²) in [5.41, 5.74) is 0. The van der Waals surface area contributed by atoms with Gasteiger partial charge in [0.15, 0.2) is 0 Å². The van der Waals surface area contributed by atoms with E-state index in [1.54, 1.807) is 0 Å². The second-order valence-electron chi connectivity index (χ2n) is 5.10. The third kappa shape index (κ3) is 3.20. The average molecular weight is 279 g/mol. The first kappa shape index (κ1) is 14.2. The molecule has 1 saturated carbocycles. The summed E-state index contributed by atoms with van der Waals surface area (Å²) in [6.07, 6.45) is 7.36. The lowest BCUT2D eigenvalue weighted by molar-refractivity contribution is -0.144. The maximum Gasteiger partial charge on any atom is 0.328 e. The van der Waals surface area contributed by atoms with E-state index in [1.807, 2.05) is 0 Å². The van der Waals surface area contributed by atoms with Crippen molar-refractivity contribution in [1.29, 1.82) is 0 Å². The summed E-state index contributed by atoms with van der Waals surface area (Å²) in [5, 5.41) is 11.6. The molecule has 7 heteroatoms. The van der Waals surface area contributed by atoms with Crippen LogP contribution < -0.4 is 5.32 Å². The molecule has 1 atom stereocenters. The fourth-order valence-corrected chi connectivity index (χ4v) is 2.18. The zero-order chi connectivity index (χ0) is 14.7. The van der Waals surface area contributed by atoms with Gasteiger partial charge in [-0.2, -0.15) is 0 Å². The van der Waals surface area contributed by atoms with E-state index in [2.05, 4.69) is 11.2 Å². The van der Waals surface area contributed by atoms with Crippen molar-refractivity contribution in [3.05, 3.63) is 0 Å². The summed E-state index contributed by atoms with van der Waals surface area (Å²) in [7, 11) is 0. The van der Waals surface area contributed by atoms with Crippen molar-refractivity contribution < 1.29 is 19.5 Å². The molecule has 20 heavy (non-hydrogen) atoms. The third-order valence-corrected chi connectivity index (χ3v) is 3.44. The molecule has 108 valence electrons. The summed E-state index contributed by atoms with van der Waals surface area (Å²) in [6, 6.07) is -1.52. The Morgan fingerprint density at radius 3 is 2.75 bits per heavy atom. The predicted octanol–water partition coefficient (Wildman–Crippen LogP) is -0.663. The van der Waals surface area contributed by atoms with Crippen LogP contribution in [0, 0.1) is 18.3 Å². The SMILES string of the molecule is C#CCN(CC1CC1)C(=O)N1CC(=O)NCC1C(=O)O. The Balaban J connectivity index is 2.11. The Morgan fingerprint density at radius 2 is 2.20 bits per heavy atom. The molecule has 2 rings (SSSR count). The smallest absolute Gasteiger partial charge is 0.328 e. The number of hydrogen-bond acceptors (Lipinski definition) is 3. The number of piperazine rings is 1.